The molecule has 15 heavy (non-hydrogen) atoms. The number of benzene rings is 1. The number of hydrogen-bond donors (Lipinski definition) is 4. The fraction of sp³-hybridized carbons (Fsp3) is 0. The topological polar surface area (TPSA) is 57.3 Å². The van der Waals surface area contributed by atoms with Gasteiger partial charge in [0.25, 0.3) is 0 Å². The van der Waals surface area contributed by atoms with Gasteiger partial charge in [0.05, 0.1) is 6.20 Å². The monoisotopic (exact) mass is 288 g/mol. The molecule has 0 saturated heterocycles. The lowest BCUT2D eigenvalue weighted by molar-refractivity contribution is 0.0320. The van der Waals surface area contributed by atoms with Gasteiger partial charge in [-0.15, -0.1) is 0 Å². The minimum absolute atomic E-state index is 0.847. The number of hydroxylamine groups is 2. The van der Waals surface area contributed by atoms with Crippen LogP contribution in [0.15, 0.2) is 40.0 Å². The Morgan fingerprint density at radius 3 is 2.73 bits per heavy atom. The van der Waals surface area contributed by atoms with Crippen molar-refractivity contribution in [3.8, 4) is 0 Å². The molecular weight excluding hydrogens is 280 g/mol. The second-order valence-corrected chi connectivity index (χ2v) is 4.43. The third kappa shape index (κ3) is 3.31. The Labute approximate surface area is 99.8 Å². The van der Waals surface area contributed by atoms with Gasteiger partial charge in [0, 0.05) is 10.2 Å². The second kappa shape index (κ2) is 5.26. The van der Waals surface area contributed by atoms with Crippen LogP contribution >= 0.6 is 27.9 Å². The summed E-state index contributed by atoms with van der Waals surface area (Å²) in [5, 5.41) is 0.847. The molecule has 1 aromatic rings. The van der Waals surface area contributed by atoms with Crippen LogP contribution in [0.4, 0.5) is 5.69 Å². The van der Waals surface area contributed by atoms with E-state index in [-0.39, 0.29) is 0 Å². The summed E-state index contributed by atoms with van der Waals surface area (Å²) in [6.45, 7) is 0. The number of halogens is 1. The van der Waals surface area contributed by atoms with Crippen LogP contribution in [0.2, 0.25) is 0 Å². The molecule has 0 atom stereocenters. The highest BCUT2D eigenvalue weighted by atomic mass is 79.9. The maximum Gasteiger partial charge on any atom is 0.131 e. The van der Waals surface area contributed by atoms with E-state index in [0.29, 0.717) is 0 Å². The lowest BCUT2D eigenvalue weighted by atomic mass is 10.3. The van der Waals surface area contributed by atoms with Gasteiger partial charge in [-0.1, -0.05) is 15.9 Å². The molecule has 7 heteroatoms. The minimum Gasteiger partial charge on any atom is -0.312 e. The Hall–Kier alpha value is -0.890. The van der Waals surface area contributed by atoms with Crippen LogP contribution in [0.25, 0.3) is 0 Å². The predicted molar refractivity (Wildman–Crippen MR) is 63.9 cm³/mol. The van der Waals surface area contributed by atoms with Crippen LogP contribution in [-0.2, 0) is 4.94 Å². The third-order valence-electron chi connectivity index (χ3n) is 1.60. The van der Waals surface area contributed by atoms with Crippen LogP contribution in [-0.4, -0.2) is 0 Å². The molecule has 80 valence electrons. The van der Waals surface area contributed by atoms with Crippen molar-refractivity contribution in [3.63, 3.8) is 0 Å². The Morgan fingerprint density at radius 1 is 1.27 bits per heavy atom. The zero-order chi connectivity index (χ0) is 10.5. The van der Waals surface area contributed by atoms with Crippen LogP contribution in [0.3, 0.4) is 0 Å². The molecule has 0 amide bonds. The predicted octanol–water partition coefficient (Wildman–Crippen LogP) is 1.85. The molecule has 1 aromatic carbocycles. The van der Waals surface area contributed by atoms with Crippen LogP contribution in [0, 0.1) is 0 Å². The van der Waals surface area contributed by atoms with E-state index in [1.54, 1.807) is 6.20 Å². The van der Waals surface area contributed by atoms with Gasteiger partial charge in [-0.25, -0.2) is 11.0 Å². The molecule has 0 unspecified atom stereocenters. The van der Waals surface area contributed by atoms with E-state index in [1.165, 1.54) is 11.9 Å². The van der Waals surface area contributed by atoms with E-state index in [0.717, 1.165) is 15.2 Å². The summed E-state index contributed by atoms with van der Waals surface area (Å²) in [5.74, 6) is 0. The Balaban J connectivity index is 1.75. The Kier molecular flexibility index (Phi) is 3.73. The molecule has 1 aliphatic heterocycles. The fourth-order valence-corrected chi connectivity index (χ4v) is 1.65. The maximum atomic E-state index is 4.69. The molecule has 0 aromatic heterocycles. The summed E-state index contributed by atoms with van der Waals surface area (Å²) in [6.07, 6.45) is 1.71. The van der Waals surface area contributed by atoms with Crippen LogP contribution in [0.1, 0.15) is 0 Å². The average Bonchev–Trinajstić information content (AvgIpc) is 2.74. The summed E-state index contributed by atoms with van der Waals surface area (Å²) >= 11 is 4.74. The Bertz CT molecular complexity index is 356. The average molecular weight is 289 g/mol. The first kappa shape index (κ1) is 10.6. The van der Waals surface area contributed by atoms with Gasteiger partial charge in [0.1, 0.15) is 5.03 Å². The van der Waals surface area contributed by atoms with E-state index in [4.69, 9.17) is 0 Å². The van der Waals surface area contributed by atoms with Crippen molar-refractivity contribution in [1.29, 1.82) is 0 Å². The van der Waals surface area contributed by atoms with Crippen LogP contribution < -0.4 is 21.2 Å². The van der Waals surface area contributed by atoms with Gasteiger partial charge < -0.3 is 5.43 Å². The maximum absolute atomic E-state index is 4.69. The van der Waals surface area contributed by atoms with Crippen molar-refractivity contribution >= 4 is 33.6 Å². The lowest BCUT2D eigenvalue weighted by Gasteiger charge is -2.07. The van der Waals surface area contributed by atoms with Crippen LogP contribution in [0.5, 0.6) is 0 Å². The highest BCUT2D eigenvalue weighted by Crippen LogP contribution is 2.15. The summed E-state index contributed by atoms with van der Waals surface area (Å²) in [6, 6.07) is 7.85. The standard InChI is InChI=1S/C8H9BrN4OS/c9-6-1-3-7(4-2-6)11-13-15-8-5-10-14-12-8/h1-5,10-13H. The van der Waals surface area contributed by atoms with E-state index in [9.17, 15) is 0 Å². The smallest absolute Gasteiger partial charge is 0.131 e. The molecule has 4 N–H and O–H groups in total. The second-order valence-electron chi connectivity index (χ2n) is 2.67. The zero-order valence-electron chi connectivity index (χ0n) is 7.58. The summed E-state index contributed by atoms with van der Waals surface area (Å²) < 4.78 is 1.05. The summed E-state index contributed by atoms with van der Waals surface area (Å²) in [5.41, 5.74) is 9.23. The molecule has 0 fully saturated rings. The normalized spacial score (nSPS) is 14.1. The molecule has 1 heterocycles. The number of hydrogen-bond acceptors (Lipinski definition) is 6. The van der Waals surface area contributed by atoms with E-state index >= 15 is 0 Å². The van der Waals surface area contributed by atoms with Gasteiger partial charge in [-0.05, 0) is 36.2 Å². The Morgan fingerprint density at radius 2 is 2.07 bits per heavy atom. The van der Waals surface area contributed by atoms with Gasteiger partial charge in [0.15, 0.2) is 0 Å². The SMILES string of the molecule is Brc1ccc(NNSC2=CNON2)cc1. The van der Waals surface area contributed by atoms with Crippen molar-refractivity contribution in [2.24, 2.45) is 0 Å². The van der Waals surface area contributed by atoms with Gasteiger partial charge in [-0.2, -0.15) is 9.77 Å². The molecule has 5 nitrogen and oxygen atoms in total. The third-order valence-corrected chi connectivity index (χ3v) is 2.76. The van der Waals surface area contributed by atoms with E-state index < -0.39 is 0 Å². The minimum atomic E-state index is 0.847. The molecule has 0 aliphatic carbocycles. The van der Waals surface area contributed by atoms with Gasteiger partial charge in [0.2, 0.25) is 0 Å². The molecule has 2 rings (SSSR count). The van der Waals surface area contributed by atoms with E-state index in [2.05, 4.69) is 42.1 Å². The van der Waals surface area contributed by atoms with Crippen molar-refractivity contribution < 1.29 is 4.94 Å². The molecule has 1 aliphatic rings. The van der Waals surface area contributed by atoms with Crippen molar-refractivity contribution in [2.45, 2.75) is 0 Å². The molecular formula is C8H9BrN4OS. The van der Waals surface area contributed by atoms with E-state index in [1.807, 2.05) is 24.3 Å². The quantitative estimate of drug-likeness (QED) is 0.501. The molecule has 0 bridgehead atoms. The number of anilines is 1. The first-order valence-electron chi connectivity index (χ1n) is 4.15. The first-order chi connectivity index (χ1) is 7.34. The number of rotatable bonds is 4. The van der Waals surface area contributed by atoms with Crippen molar-refractivity contribution in [3.05, 3.63) is 40.0 Å². The molecule has 0 radical (unpaired) electrons. The fourth-order valence-electron chi connectivity index (χ4n) is 0.915. The molecule has 0 spiro atoms. The lowest BCUT2D eigenvalue weighted by Crippen LogP contribution is -2.16. The van der Waals surface area contributed by atoms with Gasteiger partial charge in [-0.3, -0.25) is 0 Å². The molecule has 0 saturated carbocycles. The summed E-state index contributed by atoms with van der Waals surface area (Å²) in [4.78, 5) is 7.65. The van der Waals surface area contributed by atoms with Gasteiger partial charge >= 0.3 is 0 Å². The zero-order valence-corrected chi connectivity index (χ0v) is 9.98. The first-order valence-corrected chi connectivity index (χ1v) is 5.76. The number of hydrazine groups is 1. The number of nitrogens with one attached hydrogen (secondary N) is 4. The van der Waals surface area contributed by atoms with Crippen molar-refractivity contribution in [2.75, 3.05) is 5.43 Å². The van der Waals surface area contributed by atoms with Crippen molar-refractivity contribution in [1.82, 2.24) is 15.8 Å². The highest BCUT2D eigenvalue weighted by molar-refractivity contribution is 9.10. The summed E-state index contributed by atoms with van der Waals surface area (Å²) in [7, 11) is 0. The highest BCUT2D eigenvalue weighted by Gasteiger charge is 2.02. The largest absolute Gasteiger partial charge is 0.312 e.